The number of alkyl halides is 2. The highest BCUT2D eigenvalue weighted by molar-refractivity contribution is 7.94. The Bertz CT molecular complexity index is 641. The van der Waals surface area contributed by atoms with Gasteiger partial charge in [-0.25, -0.2) is 8.42 Å². The summed E-state index contributed by atoms with van der Waals surface area (Å²) in [4.78, 5) is 11.8. The Morgan fingerprint density at radius 2 is 2.00 bits per heavy atom. The van der Waals surface area contributed by atoms with Gasteiger partial charge in [-0.2, -0.15) is 8.78 Å². The molecule has 1 unspecified atom stereocenters. The highest BCUT2D eigenvalue weighted by atomic mass is 32.2. The van der Waals surface area contributed by atoms with Crippen molar-refractivity contribution in [3.63, 3.8) is 0 Å². The number of hydrogen-bond donors (Lipinski definition) is 1. The molecular weight excluding hydrogens is 304 g/mol. The summed E-state index contributed by atoms with van der Waals surface area (Å²) < 4.78 is 50.6. The third kappa shape index (κ3) is 4.82. The molecule has 1 aliphatic heterocycles. The number of carbonyl (C=O) groups is 1. The lowest BCUT2D eigenvalue weighted by atomic mass is 10.1. The molecule has 1 N–H and O–H groups in total. The second-order valence-electron chi connectivity index (χ2n) is 4.57. The van der Waals surface area contributed by atoms with Gasteiger partial charge in [0, 0.05) is 23.4 Å². The van der Waals surface area contributed by atoms with Crippen molar-refractivity contribution in [1.29, 1.82) is 0 Å². The summed E-state index contributed by atoms with van der Waals surface area (Å²) in [5.41, 5.74) is 0.423. The van der Waals surface area contributed by atoms with Crippen LogP contribution in [0.2, 0.25) is 0 Å². The van der Waals surface area contributed by atoms with E-state index < -0.39 is 16.4 Å². The van der Waals surface area contributed by atoms with Crippen LogP contribution in [0.15, 0.2) is 35.7 Å². The average Bonchev–Trinajstić information content (AvgIpc) is 2.70. The van der Waals surface area contributed by atoms with Crippen LogP contribution in [0.1, 0.15) is 6.42 Å². The monoisotopic (exact) mass is 317 g/mol. The fraction of sp³-hybridized carbons (Fsp3) is 0.308. The van der Waals surface area contributed by atoms with Gasteiger partial charge in [0.1, 0.15) is 5.75 Å². The largest absolute Gasteiger partial charge is 0.435 e. The van der Waals surface area contributed by atoms with Crippen molar-refractivity contribution in [2.75, 3.05) is 11.1 Å². The van der Waals surface area contributed by atoms with E-state index in [-0.39, 0.29) is 29.7 Å². The first kappa shape index (κ1) is 15.4. The van der Waals surface area contributed by atoms with Gasteiger partial charge in [-0.05, 0) is 24.3 Å². The SMILES string of the molecule is O=C(CC1C=CS(=O)(=O)C1)Nc1ccc(OC(F)F)cc1. The lowest BCUT2D eigenvalue weighted by molar-refractivity contribution is -0.116. The number of allylic oxidation sites excluding steroid dienone is 1. The quantitative estimate of drug-likeness (QED) is 0.903. The molecule has 1 aliphatic rings. The van der Waals surface area contributed by atoms with Gasteiger partial charge in [0.2, 0.25) is 5.91 Å². The summed E-state index contributed by atoms with van der Waals surface area (Å²) in [5.74, 6) is -0.754. The van der Waals surface area contributed by atoms with Crippen LogP contribution in [0, 0.1) is 5.92 Å². The third-order valence-electron chi connectivity index (χ3n) is 2.82. The predicted octanol–water partition coefficient (Wildman–Crippen LogP) is 2.17. The molecule has 21 heavy (non-hydrogen) atoms. The Morgan fingerprint density at radius 3 is 2.52 bits per heavy atom. The molecule has 5 nitrogen and oxygen atoms in total. The molecular formula is C13H13F2NO4S. The molecule has 0 fully saturated rings. The van der Waals surface area contributed by atoms with E-state index in [1.807, 2.05) is 0 Å². The van der Waals surface area contributed by atoms with Crippen LogP contribution in [0.5, 0.6) is 5.75 Å². The highest BCUT2D eigenvalue weighted by Crippen LogP contribution is 2.21. The van der Waals surface area contributed by atoms with E-state index in [0.29, 0.717) is 5.69 Å². The van der Waals surface area contributed by atoms with Crippen molar-refractivity contribution < 1.29 is 26.7 Å². The topological polar surface area (TPSA) is 72.5 Å². The van der Waals surface area contributed by atoms with Crippen LogP contribution in [0.4, 0.5) is 14.5 Å². The number of rotatable bonds is 5. The summed E-state index contributed by atoms with van der Waals surface area (Å²) in [7, 11) is -3.18. The standard InChI is InChI=1S/C13H13F2NO4S/c14-13(15)20-11-3-1-10(2-4-11)16-12(17)7-9-5-6-21(18,19)8-9/h1-6,9,13H,7-8H2,(H,16,17). The highest BCUT2D eigenvalue weighted by Gasteiger charge is 2.23. The average molecular weight is 317 g/mol. The van der Waals surface area contributed by atoms with Crippen LogP contribution >= 0.6 is 0 Å². The fourth-order valence-electron chi connectivity index (χ4n) is 1.94. The third-order valence-corrected chi connectivity index (χ3v) is 4.28. The minimum absolute atomic E-state index is 0.00665. The van der Waals surface area contributed by atoms with E-state index in [2.05, 4.69) is 10.1 Å². The van der Waals surface area contributed by atoms with Gasteiger partial charge in [-0.1, -0.05) is 6.08 Å². The van der Waals surface area contributed by atoms with E-state index in [0.717, 1.165) is 5.41 Å². The molecule has 1 heterocycles. The maximum absolute atomic E-state index is 12.0. The first-order valence-electron chi connectivity index (χ1n) is 6.10. The smallest absolute Gasteiger partial charge is 0.387 e. The van der Waals surface area contributed by atoms with Gasteiger partial charge in [0.05, 0.1) is 5.75 Å². The maximum atomic E-state index is 12.0. The van der Waals surface area contributed by atoms with Gasteiger partial charge in [-0.15, -0.1) is 0 Å². The summed E-state index contributed by atoms with van der Waals surface area (Å²) in [6, 6.07) is 5.47. The van der Waals surface area contributed by atoms with Crippen LogP contribution in [-0.4, -0.2) is 26.7 Å². The zero-order valence-electron chi connectivity index (χ0n) is 10.8. The molecule has 1 aromatic rings. The second-order valence-corrected chi connectivity index (χ2v) is 6.50. The fourth-order valence-corrected chi connectivity index (χ4v) is 3.34. The van der Waals surface area contributed by atoms with E-state index in [1.165, 1.54) is 30.3 Å². The lowest BCUT2D eigenvalue weighted by Crippen LogP contribution is -2.17. The predicted molar refractivity (Wildman–Crippen MR) is 72.7 cm³/mol. The number of benzene rings is 1. The summed E-state index contributed by atoms with van der Waals surface area (Å²) in [6.07, 6.45) is 1.54. The van der Waals surface area contributed by atoms with Crippen molar-refractivity contribution in [2.45, 2.75) is 13.0 Å². The van der Waals surface area contributed by atoms with Gasteiger partial charge >= 0.3 is 6.61 Å². The minimum atomic E-state index is -3.18. The van der Waals surface area contributed by atoms with Gasteiger partial charge < -0.3 is 10.1 Å². The first-order chi connectivity index (χ1) is 9.84. The molecule has 0 bridgehead atoms. The molecule has 0 spiro atoms. The van der Waals surface area contributed by atoms with Crippen molar-refractivity contribution in [3.05, 3.63) is 35.7 Å². The van der Waals surface area contributed by atoms with Crippen molar-refractivity contribution in [3.8, 4) is 5.75 Å². The number of amides is 1. The second kappa shape index (κ2) is 6.21. The molecule has 0 aliphatic carbocycles. The Morgan fingerprint density at radius 1 is 1.33 bits per heavy atom. The van der Waals surface area contributed by atoms with E-state index in [1.54, 1.807) is 0 Å². The molecule has 0 radical (unpaired) electrons. The zero-order valence-corrected chi connectivity index (χ0v) is 11.6. The van der Waals surface area contributed by atoms with Crippen molar-refractivity contribution >= 4 is 21.4 Å². The number of anilines is 1. The molecule has 0 saturated carbocycles. The van der Waals surface area contributed by atoms with Gasteiger partial charge in [0.25, 0.3) is 0 Å². The molecule has 114 valence electrons. The first-order valence-corrected chi connectivity index (χ1v) is 7.81. The molecule has 2 rings (SSSR count). The van der Waals surface area contributed by atoms with E-state index >= 15 is 0 Å². The number of sulfone groups is 1. The normalized spacial score (nSPS) is 19.7. The maximum Gasteiger partial charge on any atom is 0.387 e. The molecule has 8 heteroatoms. The Balaban J connectivity index is 1.87. The van der Waals surface area contributed by atoms with Crippen LogP contribution < -0.4 is 10.1 Å². The summed E-state index contributed by atoms with van der Waals surface area (Å²) in [5, 5.41) is 3.68. The Hall–Kier alpha value is -1.96. The number of halogens is 2. The van der Waals surface area contributed by atoms with E-state index in [4.69, 9.17) is 0 Å². The number of ether oxygens (including phenoxy) is 1. The van der Waals surface area contributed by atoms with Gasteiger partial charge in [-0.3, -0.25) is 4.79 Å². The Labute approximate surface area is 120 Å². The molecule has 0 aromatic heterocycles. The number of nitrogens with one attached hydrogen (secondary N) is 1. The molecule has 1 aromatic carbocycles. The van der Waals surface area contributed by atoms with Crippen LogP contribution in [-0.2, 0) is 14.6 Å². The molecule has 1 atom stereocenters. The van der Waals surface area contributed by atoms with Gasteiger partial charge in [0.15, 0.2) is 9.84 Å². The van der Waals surface area contributed by atoms with E-state index in [9.17, 15) is 22.0 Å². The van der Waals surface area contributed by atoms with Crippen molar-refractivity contribution in [1.82, 2.24) is 0 Å². The lowest BCUT2D eigenvalue weighted by Gasteiger charge is -2.09. The van der Waals surface area contributed by atoms with Crippen molar-refractivity contribution in [2.24, 2.45) is 5.92 Å². The minimum Gasteiger partial charge on any atom is -0.435 e. The summed E-state index contributed by atoms with van der Waals surface area (Å²) >= 11 is 0. The van der Waals surface area contributed by atoms with Crippen LogP contribution in [0.3, 0.4) is 0 Å². The number of hydrogen-bond acceptors (Lipinski definition) is 4. The molecule has 0 saturated heterocycles. The number of carbonyl (C=O) groups excluding carboxylic acids is 1. The Kier molecular flexibility index (Phi) is 4.56. The van der Waals surface area contributed by atoms with Crippen LogP contribution in [0.25, 0.3) is 0 Å². The molecule has 1 amide bonds. The zero-order chi connectivity index (χ0) is 15.5. The summed E-state index contributed by atoms with van der Waals surface area (Å²) in [6.45, 7) is -2.90.